The maximum atomic E-state index is 13.2. The van der Waals surface area contributed by atoms with E-state index >= 15 is 0 Å². The molecule has 1 heterocycles. The average molecular weight is 260 g/mol. The predicted molar refractivity (Wildman–Crippen MR) is 46.1 cm³/mol. The first-order valence-corrected chi connectivity index (χ1v) is 4.27. The Bertz CT molecular complexity index is 396. The van der Waals surface area contributed by atoms with Crippen molar-refractivity contribution in [2.45, 2.75) is 0 Å². The molecule has 0 N–H and O–H groups in total. The van der Waals surface area contributed by atoms with E-state index in [0.717, 1.165) is 6.07 Å². The summed E-state index contributed by atoms with van der Waals surface area (Å²) in [7, 11) is 0. The predicted octanol–water partition coefficient (Wildman–Crippen LogP) is -1.34. The van der Waals surface area contributed by atoms with Gasteiger partial charge in [-0.05, 0) is 12.1 Å². The van der Waals surface area contributed by atoms with Gasteiger partial charge in [-0.1, -0.05) is 0 Å². The maximum Gasteiger partial charge on any atom is 1.00 e. The van der Waals surface area contributed by atoms with Crippen LogP contribution in [0.5, 0.6) is 11.5 Å². The summed E-state index contributed by atoms with van der Waals surface area (Å²) in [5, 5.41) is 0. The minimum absolute atomic E-state index is 0. The third kappa shape index (κ3) is 2.92. The van der Waals surface area contributed by atoms with E-state index < -0.39 is 18.3 Å². The molecule has 82 valence electrons. The summed E-state index contributed by atoms with van der Waals surface area (Å²) in [5.74, 6) is -1.47. The Morgan fingerprint density at radius 1 is 1.06 bits per heavy atom. The van der Waals surface area contributed by atoms with Gasteiger partial charge in [0.25, 0.3) is 0 Å². The molecule has 0 atom stereocenters. The van der Waals surface area contributed by atoms with E-state index in [2.05, 4.69) is 0 Å². The molecule has 0 aliphatic carbocycles. The van der Waals surface area contributed by atoms with Gasteiger partial charge in [-0.3, -0.25) is 0 Å². The van der Waals surface area contributed by atoms with Gasteiger partial charge < -0.3 is 22.4 Å². The summed E-state index contributed by atoms with van der Waals surface area (Å²) < 4.78 is 59.9. The van der Waals surface area contributed by atoms with Crippen LogP contribution in [0.3, 0.4) is 0 Å². The van der Waals surface area contributed by atoms with E-state index in [1.165, 1.54) is 0 Å². The van der Waals surface area contributed by atoms with Gasteiger partial charge in [0.05, 0.1) is 0 Å². The molecule has 1 aromatic carbocycles. The third-order valence-electron chi connectivity index (χ3n) is 2.00. The zero-order chi connectivity index (χ0) is 11.1. The van der Waals surface area contributed by atoms with Crippen molar-refractivity contribution in [3.63, 3.8) is 0 Å². The summed E-state index contributed by atoms with van der Waals surface area (Å²) in [6.07, 6.45) is 0. The standard InChI is InChI=1S/C8H6BF4O2.K/c10-6-3-5(9(11,12)13)4-7-8(6)15-2-1-14-7;/h3-4H,1-2H2;/q-1;+1. The van der Waals surface area contributed by atoms with Crippen LogP contribution in [-0.4, -0.2) is 20.2 Å². The van der Waals surface area contributed by atoms with Crippen LogP contribution >= 0.6 is 0 Å². The Balaban J connectivity index is 0.00000128. The van der Waals surface area contributed by atoms with E-state index in [1.54, 1.807) is 0 Å². The van der Waals surface area contributed by atoms with Crippen molar-refractivity contribution in [2.75, 3.05) is 13.2 Å². The Hall–Kier alpha value is 0.241. The van der Waals surface area contributed by atoms with Gasteiger partial charge in [0.1, 0.15) is 13.2 Å². The summed E-state index contributed by atoms with van der Waals surface area (Å²) >= 11 is 0. The second-order valence-electron chi connectivity index (χ2n) is 3.10. The van der Waals surface area contributed by atoms with Gasteiger partial charge in [-0.25, -0.2) is 4.39 Å². The van der Waals surface area contributed by atoms with Crippen LogP contribution < -0.4 is 66.3 Å². The SMILES string of the molecule is Fc1cc([B-](F)(F)F)cc2c1OCCO2.[K+]. The normalized spacial score (nSPS) is 14.2. The van der Waals surface area contributed by atoms with E-state index in [9.17, 15) is 17.3 Å². The summed E-state index contributed by atoms with van der Waals surface area (Å²) in [6, 6.07) is 1.19. The van der Waals surface area contributed by atoms with Crippen molar-refractivity contribution in [3.05, 3.63) is 17.9 Å². The molecular weight excluding hydrogens is 254 g/mol. The largest absolute Gasteiger partial charge is 1.00 e. The number of hydrogen-bond acceptors (Lipinski definition) is 2. The zero-order valence-electron chi connectivity index (χ0n) is 8.47. The fourth-order valence-corrected chi connectivity index (χ4v) is 1.32. The van der Waals surface area contributed by atoms with Gasteiger partial charge in [-0.2, -0.15) is 0 Å². The van der Waals surface area contributed by atoms with Crippen molar-refractivity contribution in [2.24, 2.45) is 0 Å². The van der Waals surface area contributed by atoms with Crippen LogP contribution in [0.1, 0.15) is 0 Å². The summed E-state index contributed by atoms with van der Waals surface area (Å²) in [4.78, 5) is 0. The fraction of sp³-hybridized carbons (Fsp3) is 0.250. The maximum absolute atomic E-state index is 13.2. The molecule has 2 nitrogen and oxygen atoms in total. The number of fused-ring (bicyclic) bond motifs is 1. The third-order valence-corrected chi connectivity index (χ3v) is 2.00. The number of ether oxygens (including phenoxy) is 2. The van der Waals surface area contributed by atoms with Crippen LogP contribution in [0.15, 0.2) is 12.1 Å². The molecule has 1 aromatic rings. The molecule has 0 aromatic heterocycles. The first kappa shape index (κ1) is 14.3. The average Bonchev–Trinajstić information content (AvgIpc) is 2.16. The van der Waals surface area contributed by atoms with E-state index in [-0.39, 0.29) is 76.1 Å². The zero-order valence-corrected chi connectivity index (χ0v) is 11.6. The Morgan fingerprint density at radius 2 is 1.69 bits per heavy atom. The number of hydrogen-bond donors (Lipinski definition) is 0. The summed E-state index contributed by atoms with van der Waals surface area (Å²) in [6.45, 7) is -4.96. The molecule has 0 saturated carbocycles. The topological polar surface area (TPSA) is 18.5 Å². The monoisotopic (exact) mass is 260 g/mol. The molecule has 8 heteroatoms. The molecule has 0 amide bonds. The second-order valence-corrected chi connectivity index (χ2v) is 3.10. The van der Waals surface area contributed by atoms with E-state index in [1.807, 2.05) is 0 Å². The van der Waals surface area contributed by atoms with Crippen molar-refractivity contribution < 1.29 is 78.2 Å². The van der Waals surface area contributed by atoms with Crippen molar-refractivity contribution >= 4 is 12.4 Å². The minimum Gasteiger partial charge on any atom is -0.486 e. The molecule has 0 spiro atoms. The molecule has 1 aliphatic rings. The molecule has 2 rings (SSSR count). The van der Waals surface area contributed by atoms with Crippen LogP contribution in [0, 0.1) is 5.82 Å². The van der Waals surface area contributed by atoms with Gasteiger partial charge >= 0.3 is 58.4 Å². The molecule has 1 aliphatic heterocycles. The van der Waals surface area contributed by atoms with Crippen molar-refractivity contribution in [1.29, 1.82) is 0 Å². The van der Waals surface area contributed by atoms with Crippen LogP contribution in [0.4, 0.5) is 17.3 Å². The summed E-state index contributed by atoms with van der Waals surface area (Å²) in [5.41, 5.74) is -1.02. The van der Waals surface area contributed by atoms with E-state index in [0.29, 0.717) is 6.07 Å². The molecule has 0 unspecified atom stereocenters. The minimum atomic E-state index is -5.22. The van der Waals surface area contributed by atoms with Crippen molar-refractivity contribution in [1.82, 2.24) is 0 Å². The molecule has 0 bridgehead atoms. The first-order valence-electron chi connectivity index (χ1n) is 4.27. The molecular formula is C8H6BF4KO2. The van der Waals surface area contributed by atoms with Crippen LogP contribution in [0.25, 0.3) is 0 Å². The van der Waals surface area contributed by atoms with Gasteiger partial charge in [-0.15, -0.1) is 5.46 Å². The quantitative estimate of drug-likeness (QED) is 0.459. The van der Waals surface area contributed by atoms with E-state index in [4.69, 9.17) is 9.47 Å². The molecule has 16 heavy (non-hydrogen) atoms. The van der Waals surface area contributed by atoms with Crippen LogP contribution in [-0.2, 0) is 0 Å². The van der Waals surface area contributed by atoms with Gasteiger partial charge in [0.2, 0.25) is 0 Å². The van der Waals surface area contributed by atoms with Gasteiger partial charge in [0, 0.05) is 0 Å². The second kappa shape index (κ2) is 5.26. The Kier molecular flexibility index (Phi) is 4.70. The van der Waals surface area contributed by atoms with Crippen molar-refractivity contribution in [3.8, 4) is 11.5 Å². The smallest absolute Gasteiger partial charge is 0.486 e. The fourth-order valence-electron chi connectivity index (χ4n) is 1.32. The molecule has 0 saturated heterocycles. The van der Waals surface area contributed by atoms with Crippen LogP contribution in [0.2, 0.25) is 0 Å². The number of rotatable bonds is 1. The Labute approximate surface area is 132 Å². The number of halogens is 4. The molecule has 0 fully saturated rings. The number of benzene rings is 1. The first-order chi connectivity index (χ1) is 6.98. The van der Waals surface area contributed by atoms with Gasteiger partial charge in [0.15, 0.2) is 17.3 Å². The Morgan fingerprint density at radius 3 is 2.31 bits per heavy atom. The molecule has 0 radical (unpaired) electrons.